The van der Waals surface area contributed by atoms with E-state index in [9.17, 15) is 4.79 Å². The van der Waals surface area contributed by atoms with Gasteiger partial charge in [-0.15, -0.1) is 0 Å². The molecule has 0 aliphatic carbocycles. The van der Waals surface area contributed by atoms with Gasteiger partial charge in [-0.25, -0.2) is 14.8 Å². The van der Waals surface area contributed by atoms with E-state index < -0.39 is 0 Å². The summed E-state index contributed by atoms with van der Waals surface area (Å²) in [4.78, 5) is 27.5. The highest BCUT2D eigenvalue weighted by atomic mass is 16.2. The van der Waals surface area contributed by atoms with Crippen molar-refractivity contribution in [3.8, 4) is 11.3 Å². The van der Waals surface area contributed by atoms with Gasteiger partial charge in [-0.3, -0.25) is 15.2 Å². The lowest BCUT2D eigenvalue weighted by atomic mass is 10.0. The van der Waals surface area contributed by atoms with Crippen LogP contribution in [-0.4, -0.2) is 34.1 Å². The number of carbonyl (C=O) groups is 1. The van der Waals surface area contributed by atoms with E-state index in [0.29, 0.717) is 18.2 Å². The van der Waals surface area contributed by atoms with Crippen LogP contribution in [0.5, 0.6) is 0 Å². The molecule has 1 aliphatic heterocycles. The topological polar surface area (TPSA) is 83.0 Å². The second kappa shape index (κ2) is 7.64. The average Bonchev–Trinajstić information content (AvgIpc) is 2.90. The lowest BCUT2D eigenvalue weighted by molar-refractivity contribution is 0.256. The van der Waals surface area contributed by atoms with E-state index in [-0.39, 0.29) is 6.03 Å². The Balaban J connectivity index is 1.70. The van der Waals surface area contributed by atoms with Crippen LogP contribution in [0, 0.1) is 13.8 Å². The van der Waals surface area contributed by atoms with E-state index in [1.807, 2.05) is 12.1 Å². The van der Waals surface area contributed by atoms with Gasteiger partial charge in [0.25, 0.3) is 0 Å². The van der Waals surface area contributed by atoms with Crippen LogP contribution < -0.4 is 15.5 Å². The summed E-state index contributed by atoms with van der Waals surface area (Å²) in [5.74, 6) is 1.03. The van der Waals surface area contributed by atoms with E-state index in [1.54, 1.807) is 17.3 Å². The SMILES string of the molecule is Cc1cc(C)cc(-c2ccc3c(n2)N(C(=O)Nc2cnccn2)CCCN3)c1. The van der Waals surface area contributed by atoms with Gasteiger partial charge in [0.05, 0.1) is 17.6 Å². The maximum absolute atomic E-state index is 12.9. The van der Waals surface area contributed by atoms with E-state index in [1.165, 1.54) is 17.3 Å². The second-order valence-corrected chi connectivity index (χ2v) is 6.90. The summed E-state index contributed by atoms with van der Waals surface area (Å²) in [7, 11) is 0. The van der Waals surface area contributed by atoms with Gasteiger partial charge in [0.2, 0.25) is 0 Å². The van der Waals surface area contributed by atoms with Crippen LogP contribution in [-0.2, 0) is 0 Å². The van der Waals surface area contributed by atoms with Crippen LogP contribution in [0.25, 0.3) is 11.3 Å². The molecule has 2 aromatic heterocycles. The van der Waals surface area contributed by atoms with Crippen LogP contribution in [0.1, 0.15) is 17.5 Å². The lowest BCUT2D eigenvalue weighted by Gasteiger charge is -2.22. The maximum Gasteiger partial charge on any atom is 0.328 e. The monoisotopic (exact) mass is 374 g/mol. The minimum atomic E-state index is -0.268. The molecular weight excluding hydrogens is 352 g/mol. The molecule has 7 heteroatoms. The molecule has 0 bridgehead atoms. The van der Waals surface area contributed by atoms with Crippen molar-refractivity contribution in [1.82, 2.24) is 15.0 Å². The quantitative estimate of drug-likeness (QED) is 0.708. The highest BCUT2D eigenvalue weighted by Crippen LogP contribution is 2.31. The molecule has 2 N–H and O–H groups in total. The van der Waals surface area contributed by atoms with Gasteiger partial charge in [0.15, 0.2) is 11.6 Å². The van der Waals surface area contributed by atoms with Crippen molar-refractivity contribution in [3.63, 3.8) is 0 Å². The van der Waals surface area contributed by atoms with Crippen molar-refractivity contribution in [2.75, 3.05) is 28.6 Å². The molecular formula is C21H22N6O. The summed E-state index contributed by atoms with van der Waals surface area (Å²) >= 11 is 0. The normalized spacial score (nSPS) is 13.3. The molecule has 142 valence electrons. The van der Waals surface area contributed by atoms with Crippen molar-refractivity contribution in [2.45, 2.75) is 20.3 Å². The van der Waals surface area contributed by atoms with Crippen molar-refractivity contribution < 1.29 is 4.79 Å². The smallest absolute Gasteiger partial charge is 0.328 e. The summed E-state index contributed by atoms with van der Waals surface area (Å²) in [6, 6.07) is 10.1. The third-order valence-corrected chi connectivity index (χ3v) is 4.57. The zero-order chi connectivity index (χ0) is 19.5. The highest BCUT2D eigenvalue weighted by molar-refractivity contribution is 6.02. The number of hydrogen-bond acceptors (Lipinski definition) is 5. The van der Waals surface area contributed by atoms with Crippen LogP contribution in [0.4, 0.5) is 22.1 Å². The molecule has 1 aromatic carbocycles. The molecule has 0 atom stereocenters. The summed E-state index contributed by atoms with van der Waals surface area (Å²) < 4.78 is 0. The Hall–Kier alpha value is -3.48. The third kappa shape index (κ3) is 3.78. The number of aromatic nitrogens is 3. The Morgan fingerprint density at radius 3 is 2.71 bits per heavy atom. The zero-order valence-electron chi connectivity index (χ0n) is 15.9. The van der Waals surface area contributed by atoms with Crippen LogP contribution in [0.15, 0.2) is 48.9 Å². The molecule has 3 heterocycles. The van der Waals surface area contributed by atoms with Crippen molar-refractivity contribution >= 4 is 23.4 Å². The number of pyridine rings is 1. The van der Waals surface area contributed by atoms with Crippen LogP contribution in [0.2, 0.25) is 0 Å². The average molecular weight is 374 g/mol. The Labute approximate surface area is 163 Å². The molecule has 0 fully saturated rings. The maximum atomic E-state index is 12.9. The predicted molar refractivity (Wildman–Crippen MR) is 111 cm³/mol. The Kier molecular flexibility index (Phi) is 4.89. The summed E-state index contributed by atoms with van der Waals surface area (Å²) in [5, 5.41) is 6.17. The number of benzene rings is 1. The minimum absolute atomic E-state index is 0.268. The fourth-order valence-corrected chi connectivity index (χ4v) is 3.38. The standard InChI is InChI=1S/C21H22N6O/c1-14-10-15(2)12-16(11-14)17-4-5-18-20(25-17)27(9-3-6-23-18)21(28)26-19-13-22-7-8-24-19/h4-5,7-8,10-13,23H,3,6,9H2,1-2H3,(H,24,26,28). The fraction of sp³-hybridized carbons (Fsp3) is 0.238. The van der Waals surface area contributed by atoms with Crippen LogP contribution in [0.3, 0.4) is 0 Å². The molecule has 0 radical (unpaired) electrons. The van der Waals surface area contributed by atoms with Gasteiger partial charge < -0.3 is 5.32 Å². The van der Waals surface area contributed by atoms with Crippen molar-refractivity contribution in [1.29, 1.82) is 0 Å². The first-order valence-electron chi connectivity index (χ1n) is 9.28. The number of fused-ring (bicyclic) bond motifs is 1. The van der Waals surface area contributed by atoms with Crippen molar-refractivity contribution in [3.05, 3.63) is 60.0 Å². The predicted octanol–water partition coefficient (Wildman–Crippen LogP) is 4.01. The largest absolute Gasteiger partial charge is 0.382 e. The number of nitrogens with one attached hydrogen (secondary N) is 2. The summed E-state index contributed by atoms with van der Waals surface area (Å²) in [6.07, 6.45) is 5.46. The molecule has 1 aliphatic rings. The first kappa shape index (κ1) is 17.9. The highest BCUT2D eigenvalue weighted by Gasteiger charge is 2.23. The number of nitrogens with zero attached hydrogens (tertiary/aromatic N) is 4. The van der Waals surface area contributed by atoms with Gasteiger partial charge in [0, 0.05) is 31.0 Å². The van der Waals surface area contributed by atoms with Gasteiger partial charge in [-0.2, -0.15) is 0 Å². The molecule has 7 nitrogen and oxygen atoms in total. The number of aryl methyl sites for hydroxylation is 2. The Morgan fingerprint density at radius 1 is 1.14 bits per heavy atom. The number of hydrogen-bond donors (Lipinski definition) is 2. The first-order chi connectivity index (χ1) is 13.6. The third-order valence-electron chi connectivity index (χ3n) is 4.57. The second-order valence-electron chi connectivity index (χ2n) is 6.90. The van der Waals surface area contributed by atoms with E-state index >= 15 is 0 Å². The number of urea groups is 1. The van der Waals surface area contributed by atoms with E-state index in [4.69, 9.17) is 4.98 Å². The number of anilines is 3. The molecule has 0 saturated carbocycles. The van der Waals surface area contributed by atoms with E-state index in [0.717, 1.165) is 29.9 Å². The molecule has 0 saturated heterocycles. The molecule has 3 aromatic rings. The van der Waals surface area contributed by atoms with Gasteiger partial charge >= 0.3 is 6.03 Å². The Bertz CT molecular complexity index is 985. The minimum Gasteiger partial charge on any atom is -0.382 e. The fourth-order valence-electron chi connectivity index (χ4n) is 3.38. The summed E-state index contributed by atoms with van der Waals surface area (Å²) in [6.45, 7) is 5.49. The van der Waals surface area contributed by atoms with Crippen LogP contribution >= 0.6 is 0 Å². The zero-order valence-corrected chi connectivity index (χ0v) is 15.9. The van der Waals surface area contributed by atoms with Gasteiger partial charge in [-0.05, 0) is 44.5 Å². The molecule has 0 spiro atoms. The molecule has 0 unspecified atom stereocenters. The summed E-state index contributed by atoms with van der Waals surface area (Å²) in [5.41, 5.74) is 5.09. The number of amides is 2. The number of carbonyl (C=O) groups excluding carboxylic acids is 1. The molecule has 4 rings (SSSR count). The molecule has 2 amide bonds. The number of rotatable bonds is 2. The van der Waals surface area contributed by atoms with Gasteiger partial charge in [-0.1, -0.05) is 17.2 Å². The van der Waals surface area contributed by atoms with Gasteiger partial charge in [0.1, 0.15) is 0 Å². The lowest BCUT2D eigenvalue weighted by Crippen LogP contribution is -2.36. The first-order valence-corrected chi connectivity index (χ1v) is 9.28. The van der Waals surface area contributed by atoms with Crippen molar-refractivity contribution in [2.24, 2.45) is 0 Å². The molecule has 28 heavy (non-hydrogen) atoms. The van der Waals surface area contributed by atoms with E-state index in [2.05, 4.69) is 52.6 Å². The Morgan fingerprint density at radius 2 is 1.96 bits per heavy atom.